The van der Waals surface area contributed by atoms with Crippen molar-refractivity contribution in [3.8, 4) is 0 Å². The van der Waals surface area contributed by atoms with E-state index in [4.69, 9.17) is 4.11 Å². The Hall–Kier alpha value is -0.890. The van der Waals surface area contributed by atoms with Crippen molar-refractivity contribution in [2.75, 3.05) is 0 Å². The zero-order valence-corrected chi connectivity index (χ0v) is 6.40. The van der Waals surface area contributed by atoms with Gasteiger partial charge in [0, 0.05) is 4.11 Å². The molecule has 9 heteroatoms. The predicted molar refractivity (Wildman–Crippen MR) is 30.9 cm³/mol. The summed E-state index contributed by atoms with van der Waals surface area (Å²) in [6.07, 6.45) is -12.9. The van der Waals surface area contributed by atoms with Crippen LogP contribution in [0.5, 0.6) is 0 Å². The van der Waals surface area contributed by atoms with Crippen molar-refractivity contribution in [2.24, 2.45) is 0 Å². The Kier molecular flexibility index (Phi) is 2.24. The Morgan fingerprint density at radius 1 is 0.933 bits per heavy atom. The van der Waals surface area contributed by atoms with E-state index in [-0.39, 0.29) is 0 Å². The van der Waals surface area contributed by atoms with Gasteiger partial charge in [0.1, 0.15) is 0 Å². The molecule has 15 heavy (non-hydrogen) atoms. The quantitative estimate of drug-likeness (QED) is 0.616. The molecule has 0 aliphatic rings. The van der Waals surface area contributed by atoms with E-state index < -0.39 is 36.5 Å². The second-order valence-electron chi connectivity index (χ2n) is 2.26. The van der Waals surface area contributed by atoms with Gasteiger partial charge in [0.05, 0.1) is 5.57 Å². The minimum absolute atomic E-state index is 3.53. The van der Waals surface area contributed by atoms with E-state index >= 15 is 0 Å². The lowest BCUT2D eigenvalue weighted by molar-refractivity contribution is -0.272. The van der Waals surface area contributed by atoms with Crippen molar-refractivity contribution in [1.82, 2.24) is 0 Å². The zero-order chi connectivity index (χ0) is 15.2. The highest BCUT2D eigenvalue weighted by atomic mass is 19.4. The molecule has 0 amide bonds. The Morgan fingerprint density at radius 2 is 1.33 bits per heavy atom. The average Bonchev–Trinajstić information content (AvgIpc) is 1.95. The van der Waals surface area contributed by atoms with Crippen molar-refractivity contribution < 1.29 is 43.6 Å². The lowest BCUT2D eigenvalue weighted by atomic mass is 10.1. The van der Waals surface area contributed by atoms with Crippen LogP contribution in [0.3, 0.4) is 0 Å². The monoisotopic (exact) mass is 249 g/mol. The van der Waals surface area contributed by atoms with E-state index in [1.54, 1.807) is 0 Å². The van der Waals surface area contributed by atoms with Crippen LogP contribution in [0.25, 0.3) is 0 Å². The van der Waals surface area contributed by atoms with Crippen LogP contribution in [0.4, 0.5) is 39.5 Å². The Morgan fingerprint density at radius 3 is 1.53 bits per heavy atom. The molecule has 0 aromatic carbocycles. The molecule has 0 fully saturated rings. The second-order valence-corrected chi connectivity index (χ2v) is 2.26. The van der Waals surface area contributed by atoms with Crippen molar-refractivity contribution in [1.29, 1.82) is 0 Å². The molecule has 0 aliphatic heterocycles. The molecule has 0 N–H and O–H groups in total. The fourth-order valence-electron chi connectivity index (χ4n) is 0.406. The van der Waals surface area contributed by atoms with Gasteiger partial charge in [-0.25, -0.2) is 4.39 Å². The molecule has 0 atom stereocenters. The van der Waals surface area contributed by atoms with E-state index in [1.165, 1.54) is 0 Å². The van der Waals surface area contributed by atoms with E-state index in [0.29, 0.717) is 0 Å². The first-order valence-corrected chi connectivity index (χ1v) is 2.95. The summed E-state index contributed by atoms with van der Waals surface area (Å²) in [5, 5.41) is 0. The number of rotatable bonds is 1. The fraction of sp³-hybridized carbons (Fsp3) is 0.667. The number of hydrogen-bond donors (Lipinski definition) is 0. The molecule has 0 bridgehead atoms. The van der Waals surface area contributed by atoms with Crippen LogP contribution >= 0.6 is 0 Å². The summed E-state index contributed by atoms with van der Waals surface area (Å²) >= 11 is 0. The van der Waals surface area contributed by atoms with Crippen molar-refractivity contribution in [3.63, 3.8) is 0 Å². The summed E-state index contributed by atoms with van der Waals surface area (Å²) < 4.78 is 127. The maximum atomic E-state index is 12.7. The van der Waals surface area contributed by atoms with Gasteiger partial charge in [-0.1, -0.05) is 0 Å². The number of hydrogen-bond acceptors (Lipinski definition) is 0. The van der Waals surface area contributed by atoms with Gasteiger partial charge in [-0.3, -0.25) is 0 Å². The van der Waals surface area contributed by atoms with Gasteiger partial charge in [0.25, 0.3) is 0 Å². The molecule has 0 aliphatic carbocycles. The van der Waals surface area contributed by atoms with E-state index in [2.05, 4.69) is 0 Å². The van der Waals surface area contributed by atoms with E-state index in [9.17, 15) is 39.5 Å². The summed E-state index contributed by atoms with van der Waals surface area (Å²) in [5.41, 5.74) is -3.53. The molecule has 0 heterocycles. The Balaban J connectivity index is 6.11. The minimum Gasteiger partial charge on any atom is -0.204 e. The first-order valence-electron chi connectivity index (χ1n) is 4.45. The van der Waals surface area contributed by atoms with Crippen LogP contribution in [0.15, 0.2) is 11.4 Å². The molecule has 0 nitrogen and oxygen atoms in total. The highest BCUT2D eigenvalue weighted by Gasteiger charge is 2.63. The normalized spacial score (nSPS) is 20.2. The molecule has 0 spiro atoms. The Labute approximate surface area is 81.6 Å². The minimum atomic E-state index is -6.68. The van der Waals surface area contributed by atoms with Gasteiger partial charge in [0.2, 0.25) is 0 Å². The predicted octanol–water partition coefficient (Wildman–Crippen LogP) is 3.99. The molecular weight excluding hydrogens is 243 g/mol. The summed E-state index contributed by atoms with van der Waals surface area (Å²) in [6.45, 7) is -4.50. The molecule has 0 rings (SSSR count). The van der Waals surface area contributed by atoms with Crippen LogP contribution in [-0.2, 0) is 0 Å². The topological polar surface area (TPSA) is 0 Å². The molecule has 0 saturated carbocycles. The van der Waals surface area contributed by atoms with E-state index in [0.717, 1.165) is 0 Å². The number of alkyl halides is 8. The van der Waals surface area contributed by atoms with Gasteiger partial charge in [-0.2, -0.15) is 35.1 Å². The van der Waals surface area contributed by atoms with Crippen LogP contribution in [0.1, 0.15) is 11.0 Å². The van der Waals surface area contributed by atoms with Gasteiger partial charge in [-0.05, 0) is 6.85 Å². The van der Waals surface area contributed by atoms with Gasteiger partial charge in [0.15, 0.2) is 5.83 Å². The zero-order valence-electron chi connectivity index (χ0n) is 9.40. The molecule has 90 valence electrons. The highest BCUT2D eigenvalue weighted by Crippen LogP contribution is 2.45. The van der Waals surface area contributed by atoms with Crippen molar-refractivity contribution >= 4 is 0 Å². The first kappa shape index (κ1) is 9.34. The van der Waals surface area contributed by atoms with Crippen LogP contribution < -0.4 is 0 Å². The van der Waals surface area contributed by atoms with Crippen LogP contribution in [-0.4, -0.2) is 18.3 Å². The third kappa shape index (κ3) is 2.78. The third-order valence-corrected chi connectivity index (χ3v) is 1.13. The lowest BCUT2D eigenvalue weighted by Crippen LogP contribution is -2.38. The fourth-order valence-corrected chi connectivity index (χ4v) is 0.406. The summed E-state index contributed by atoms with van der Waals surface area (Å²) in [7, 11) is 0. The molecule has 0 aromatic heterocycles. The molecule has 0 radical (unpaired) electrons. The first-order chi connectivity index (χ1) is 7.53. The SMILES string of the molecule is [2H]C([2H])([2H])C(=C(F)C(F)(F)C(F)(F)F)C(F)(F)F. The third-order valence-electron chi connectivity index (χ3n) is 1.13. The van der Waals surface area contributed by atoms with Gasteiger partial charge >= 0.3 is 18.3 Å². The lowest BCUT2D eigenvalue weighted by Gasteiger charge is -2.20. The van der Waals surface area contributed by atoms with Crippen LogP contribution in [0, 0.1) is 0 Å². The van der Waals surface area contributed by atoms with Crippen molar-refractivity contribution in [3.05, 3.63) is 11.4 Å². The summed E-state index contributed by atoms with van der Waals surface area (Å²) in [4.78, 5) is 0. The van der Waals surface area contributed by atoms with E-state index in [1.807, 2.05) is 0 Å². The number of halogens is 9. The second kappa shape index (κ2) is 3.60. The summed E-state index contributed by atoms with van der Waals surface area (Å²) in [6, 6.07) is 0. The standard InChI is InChI=1S/C6H3F9/c1-2(5(10,11)12)3(7)4(8,9)6(13,14)15/h1H3/i1D3. The highest BCUT2D eigenvalue weighted by molar-refractivity contribution is 5.19. The average molecular weight is 249 g/mol. The van der Waals surface area contributed by atoms with Crippen molar-refractivity contribution in [2.45, 2.75) is 25.1 Å². The maximum absolute atomic E-state index is 12.7. The molecular formula is C6H3F9. The Bertz CT molecular complexity index is 329. The van der Waals surface area contributed by atoms with Gasteiger partial charge < -0.3 is 0 Å². The molecule has 0 aromatic rings. The molecule has 0 unspecified atom stereocenters. The smallest absolute Gasteiger partial charge is 0.204 e. The largest absolute Gasteiger partial charge is 0.460 e. The maximum Gasteiger partial charge on any atom is 0.460 e. The molecule has 0 saturated heterocycles. The number of allylic oxidation sites excluding steroid dienone is 2. The van der Waals surface area contributed by atoms with Crippen LogP contribution in [0.2, 0.25) is 0 Å². The summed E-state index contributed by atoms with van der Waals surface area (Å²) in [5.74, 6) is -10.6. The van der Waals surface area contributed by atoms with Gasteiger partial charge in [-0.15, -0.1) is 0 Å².